The van der Waals surface area contributed by atoms with Crippen LogP contribution in [0.25, 0.3) is 0 Å². The van der Waals surface area contributed by atoms with Gasteiger partial charge in [0.1, 0.15) is 9.84 Å². The second kappa shape index (κ2) is 6.90. The van der Waals surface area contributed by atoms with Crippen molar-refractivity contribution in [3.63, 3.8) is 0 Å². The van der Waals surface area contributed by atoms with Crippen molar-refractivity contribution in [3.8, 4) is 0 Å². The summed E-state index contributed by atoms with van der Waals surface area (Å²) in [6.07, 6.45) is 7.56. The van der Waals surface area contributed by atoms with Gasteiger partial charge in [-0.1, -0.05) is 26.7 Å². The van der Waals surface area contributed by atoms with E-state index in [1.54, 1.807) is 0 Å². The Balaban J connectivity index is 2.43. The fraction of sp³-hybridized carbons (Fsp3) is 1.00. The van der Waals surface area contributed by atoms with E-state index in [9.17, 15) is 8.42 Å². The number of hydrogen-bond donors (Lipinski definition) is 1. The van der Waals surface area contributed by atoms with Crippen LogP contribution in [0.3, 0.4) is 0 Å². The maximum Gasteiger partial charge on any atom is 0.150 e. The second-order valence-corrected chi connectivity index (χ2v) is 8.46. The molecule has 0 aliphatic heterocycles. The molecule has 1 fully saturated rings. The summed E-state index contributed by atoms with van der Waals surface area (Å²) >= 11 is 0. The summed E-state index contributed by atoms with van der Waals surface area (Å²) in [7, 11) is -2.86. The molecule has 3 nitrogen and oxygen atoms in total. The number of hydrogen-bond acceptors (Lipinski definition) is 3. The van der Waals surface area contributed by atoms with Crippen LogP contribution in [-0.4, -0.2) is 32.0 Å². The van der Waals surface area contributed by atoms with E-state index in [0.29, 0.717) is 12.1 Å². The van der Waals surface area contributed by atoms with Gasteiger partial charge < -0.3 is 5.32 Å². The van der Waals surface area contributed by atoms with E-state index in [4.69, 9.17) is 0 Å². The summed E-state index contributed by atoms with van der Waals surface area (Å²) in [6.45, 7) is 6.71. The van der Waals surface area contributed by atoms with Crippen molar-refractivity contribution in [2.45, 2.75) is 76.6 Å². The fourth-order valence-electron chi connectivity index (χ4n) is 2.93. The number of nitrogens with one attached hydrogen (secondary N) is 1. The highest BCUT2D eigenvalue weighted by atomic mass is 32.2. The van der Waals surface area contributed by atoms with Gasteiger partial charge in [0.25, 0.3) is 0 Å². The van der Waals surface area contributed by atoms with Crippen LogP contribution in [0.5, 0.6) is 0 Å². The van der Waals surface area contributed by atoms with E-state index < -0.39 is 9.84 Å². The topological polar surface area (TPSA) is 46.2 Å². The van der Waals surface area contributed by atoms with Crippen molar-refractivity contribution in [1.29, 1.82) is 0 Å². The average Bonchev–Trinajstić information content (AvgIpc) is 2.27. The lowest BCUT2D eigenvalue weighted by Gasteiger charge is -2.31. The van der Waals surface area contributed by atoms with Crippen molar-refractivity contribution < 1.29 is 8.42 Å². The van der Waals surface area contributed by atoms with Crippen molar-refractivity contribution in [2.75, 3.05) is 6.26 Å². The molecule has 0 radical (unpaired) electrons. The third kappa shape index (κ3) is 5.27. The Morgan fingerprint density at radius 3 is 2.50 bits per heavy atom. The zero-order chi connectivity index (χ0) is 13.8. The summed E-state index contributed by atoms with van der Waals surface area (Å²) in [5, 5.41) is 3.50. The van der Waals surface area contributed by atoms with Gasteiger partial charge in [0, 0.05) is 18.3 Å². The molecular weight excluding hydrogens is 246 g/mol. The van der Waals surface area contributed by atoms with Gasteiger partial charge >= 0.3 is 0 Å². The largest absolute Gasteiger partial charge is 0.311 e. The fourth-order valence-corrected chi connectivity index (χ4v) is 4.10. The molecule has 0 amide bonds. The van der Waals surface area contributed by atoms with Crippen LogP contribution in [-0.2, 0) is 9.84 Å². The van der Waals surface area contributed by atoms with Crippen molar-refractivity contribution in [3.05, 3.63) is 0 Å². The molecule has 1 rings (SSSR count). The maximum absolute atomic E-state index is 11.6. The maximum atomic E-state index is 11.6. The van der Waals surface area contributed by atoms with Crippen LogP contribution in [0.1, 0.15) is 59.3 Å². The first-order valence-electron chi connectivity index (χ1n) is 7.27. The van der Waals surface area contributed by atoms with E-state index in [0.717, 1.165) is 31.6 Å². The molecule has 4 heteroatoms. The Morgan fingerprint density at radius 1 is 1.28 bits per heavy atom. The molecule has 0 spiro atoms. The van der Waals surface area contributed by atoms with E-state index in [1.807, 2.05) is 0 Å². The summed E-state index contributed by atoms with van der Waals surface area (Å²) in [5.41, 5.74) is 0. The van der Waals surface area contributed by atoms with Crippen LogP contribution in [0.2, 0.25) is 0 Å². The third-order valence-electron chi connectivity index (χ3n) is 4.20. The summed E-state index contributed by atoms with van der Waals surface area (Å²) in [6, 6.07) is 0.876. The summed E-state index contributed by atoms with van der Waals surface area (Å²) in [4.78, 5) is 0. The smallest absolute Gasteiger partial charge is 0.150 e. The van der Waals surface area contributed by atoms with Gasteiger partial charge in [0.05, 0.1) is 5.25 Å². The van der Waals surface area contributed by atoms with Gasteiger partial charge in [-0.05, 0) is 38.5 Å². The van der Waals surface area contributed by atoms with Crippen LogP contribution in [0.15, 0.2) is 0 Å². The molecule has 4 unspecified atom stereocenters. The lowest BCUT2D eigenvalue weighted by Crippen LogP contribution is -2.43. The molecule has 0 aromatic heterocycles. The molecular formula is C14H29NO2S. The first-order chi connectivity index (χ1) is 8.32. The summed E-state index contributed by atoms with van der Waals surface area (Å²) < 4.78 is 23.2. The normalized spacial score (nSPS) is 28.9. The molecule has 18 heavy (non-hydrogen) atoms. The molecule has 0 saturated heterocycles. The van der Waals surface area contributed by atoms with Crippen molar-refractivity contribution in [1.82, 2.24) is 5.32 Å². The molecule has 0 aromatic rings. The Kier molecular flexibility index (Phi) is 6.12. The van der Waals surface area contributed by atoms with E-state index in [1.165, 1.54) is 19.1 Å². The predicted molar refractivity (Wildman–Crippen MR) is 77.6 cm³/mol. The minimum atomic E-state index is -2.86. The van der Waals surface area contributed by atoms with Crippen LogP contribution >= 0.6 is 0 Å². The highest BCUT2D eigenvalue weighted by Gasteiger charge is 2.29. The molecule has 4 atom stereocenters. The van der Waals surface area contributed by atoms with E-state index >= 15 is 0 Å². The van der Waals surface area contributed by atoms with Gasteiger partial charge in [-0.3, -0.25) is 0 Å². The molecule has 0 bridgehead atoms. The number of sulfone groups is 1. The monoisotopic (exact) mass is 275 g/mol. The average molecular weight is 275 g/mol. The quantitative estimate of drug-likeness (QED) is 0.811. The second-order valence-electron chi connectivity index (χ2n) is 6.13. The van der Waals surface area contributed by atoms with E-state index in [2.05, 4.69) is 26.1 Å². The Morgan fingerprint density at radius 2 is 1.94 bits per heavy atom. The van der Waals surface area contributed by atoms with Gasteiger partial charge in [-0.15, -0.1) is 0 Å². The third-order valence-corrected chi connectivity index (χ3v) is 5.84. The first kappa shape index (κ1) is 16.0. The molecule has 1 aliphatic rings. The Bertz CT molecular complexity index is 340. The van der Waals surface area contributed by atoms with Crippen molar-refractivity contribution >= 4 is 9.84 Å². The van der Waals surface area contributed by atoms with Gasteiger partial charge in [0.15, 0.2) is 0 Å². The van der Waals surface area contributed by atoms with Crippen LogP contribution in [0.4, 0.5) is 0 Å². The minimum absolute atomic E-state index is 0.125. The SMILES string of the molecule is CCC(C)CC(C)NC1CCCC(S(C)(=O)=O)C1. The molecule has 0 aromatic carbocycles. The lowest BCUT2D eigenvalue weighted by molar-refractivity contribution is 0.315. The van der Waals surface area contributed by atoms with Gasteiger partial charge in [0.2, 0.25) is 0 Å². The molecule has 1 N–H and O–H groups in total. The van der Waals surface area contributed by atoms with Crippen LogP contribution in [0, 0.1) is 5.92 Å². The Hall–Kier alpha value is -0.0900. The number of rotatable bonds is 6. The van der Waals surface area contributed by atoms with Crippen molar-refractivity contribution in [2.24, 2.45) is 5.92 Å². The molecule has 0 heterocycles. The van der Waals surface area contributed by atoms with Gasteiger partial charge in [-0.25, -0.2) is 8.42 Å². The molecule has 1 aliphatic carbocycles. The zero-order valence-electron chi connectivity index (χ0n) is 12.3. The highest BCUT2D eigenvalue weighted by molar-refractivity contribution is 7.91. The van der Waals surface area contributed by atoms with E-state index in [-0.39, 0.29) is 5.25 Å². The first-order valence-corrected chi connectivity index (χ1v) is 9.23. The molecule has 108 valence electrons. The van der Waals surface area contributed by atoms with Crippen LogP contribution < -0.4 is 5.32 Å². The zero-order valence-corrected chi connectivity index (χ0v) is 13.1. The standard InChI is InChI=1S/C14H29NO2S/c1-5-11(2)9-12(3)15-13-7-6-8-14(10-13)18(4,16)17/h11-15H,5-10H2,1-4H3. The van der Waals surface area contributed by atoms with Gasteiger partial charge in [-0.2, -0.15) is 0 Å². The Labute approximate surface area is 113 Å². The lowest BCUT2D eigenvalue weighted by atomic mass is 9.93. The highest BCUT2D eigenvalue weighted by Crippen LogP contribution is 2.24. The predicted octanol–water partition coefficient (Wildman–Crippen LogP) is 2.76. The molecule has 1 saturated carbocycles. The summed E-state index contributed by atoms with van der Waals surface area (Å²) in [5.74, 6) is 0.738. The minimum Gasteiger partial charge on any atom is -0.311 e.